The Morgan fingerprint density at radius 1 is 1.14 bits per heavy atom. The molecule has 1 aromatic heterocycles. The molecule has 1 aliphatic heterocycles. The van der Waals surface area contributed by atoms with E-state index in [1.54, 1.807) is 42.3 Å². The second kappa shape index (κ2) is 9.25. The van der Waals surface area contributed by atoms with Crippen molar-refractivity contribution in [1.29, 1.82) is 0 Å². The summed E-state index contributed by atoms with van der Waals surface area (Å²) in [6.45, 7) is 1.22. The van der Waals surface area contributed by atoms with Gasteiger partial charge in [-0.15, -0.1) is 10.2 Å². The predicted octanol–water partition coefficient (Wildman–Crippen LogP) is 2.00. The fourth-order valence-electron chi connectivity index (χ4n) is 2.95. The minimum atomic E-state index is -0.0989. The Morgan fingerprint density at radius 2 is 1.89 bits per heavy atom. The van der Waals surface area contributed by atoms with Crippen LogP contribution in [0.3, 0.4) is 0 Å². The van der Waals surface area contributed by atoms with Gasteiger partial charge >= 0.3 is 0 Å². The maximum absolute atomic E-state index is 12.5. The highest BCUT2D eigenvalue weighted by molar-refractivity contribution is 5.77. The molecule has 1 unspecified atom stereocenters. The summed E-state index contributed by atoms with van der Waals surface area (Å²) in [6, 6.07) is 10.8. The molecule has 2 aromatic rings. The third kappa shape index (κ3) is 5.25. The van der Waals surface area contributed by atoms with Gasteiger partial charge in [0.15, 0.2) is 12.4 Å². The van der Waals surface area contributed by atoms with Gasteiger partial charge in [-0.05, 0) is 43.2 Å². The first-order valence-electron chi connectivity index (χ1n) is 9.27. The summed E-state index contributed by atoms with van der Waals surface area (Å²) < 4.78 is 16.6. The Hall–Kier alpha value is -3.03. The number of piperidine rings is 1. The molecule has 3 rings (SSSR count). The standard InChI is InChI=1S/C20H26N4O4/c1-23(2)18-10-11-19(22-21-18)28-17-5-4-12-24(13-17)20(25)14-27-16-8-6-15(26-3)7-9-16/h6-11,17H,4-5,12-14H2,1-3H3. The number of carbonyl (C=O) groups excluding carboxylic acids is 1. The molecule has 0 aliphatic carbocycles. The number of carbonyl (C=O) groups is 1. The quantitative estimate of drug-likeness (QED) is 0.720. The maximum atomic E-state index is 12.5. The molecule has 0 bridgehead atoms. The number of methoxy groups -OCH3 is 1. The average molecular weight is 386 g/mol. The van der Waals surface area contributed by atoms with E-state index in [0.717, 1.165) is 24.4 Å². The number of anilines is 1. The molecule has 0 spiro atoms. The highest BCUT2D eigenvalue weighted by atomic mass is 16.5. The highest BCUT2D eigenvalue weighted by Gasteiger charge is 2.25. The van der Waals surface area contributed by atoms with E-state index in [2.05, 4.69) is 10.2 Å². The number of rotatable bonds is 7. The smallest absolute Gasteiger partial charge is 0.260 e. The Balaban J connectivity index is 1.49. The largest absolute Gasteiger partial charge is 0.497 e. The second-order valence-electron chi connectivity index (χ2n) is 6.81. The van der Waals surface area contributed by atoms with Crippen LogP contribution in [0.25, 0.3) is 0 Å². The van der Waals surface area contributed by atoms with E-state index in [9.17, 15) is 4.79 Å². The molecule has 8 nitrogen and oxygen atoms in total. The zero-order valence-corrected chi connectivity index (χ0v) is 16.5. The van der Waals surface area contributed by atoms with Crippen molar-refractivity contribution < 1.29 is 19.0 Å². The number of likely N-dealkylation sites (tertiary alicyclic amines) is 1. The van der Waals surface area contributed by atoms with Crippen LogP contribution in [-0.4, -0.2) is 68.0 Å². The minimum Gasteiger partial charge on any atom is -0.497 e. The zero-order valence-electron chi connectivity index (χ0n) is 16.5. The maximum Gasteiger partial charge on any atom is 0.260 e. The Kier molecular flexibility index (Phi) is 6.52. The molecule has 1 aliphatic rings. The zero-order chi connectivity index (χ0) is 19.9. The molecule has 1 saturated heterocycles. The van der Waals surface area contributed by atoms with Crippen molar-refractivity contribution in [3.05, 3.63) is 36.4 Å². The van der Waals surface area contributed by atoms with Gasteiger partial charge in [0.2, 0.25) is 5.88 Å². The van der Waals surface area contributed by atoms with Gasteiger partial charge in [0, 0.05) is 26.7 Å². The van der Waals surface area contributed by atoms with Gasteiger partial charge in [0.25, 0.3) is 5.91 Å². The molecule has 150 valence electrons. The van der Waals surface area contributed by atoms with E-state index in [0.29, 0.717) is 24.7 Å². The van der Waals surface area contributed by atoms with E-state index < -0.39 is 0 Å². The van der Waals surface area contributed by atoms with E-state index in [1.807, 2.05) is 25.1 Å². The molecule has 28 heavy (non-hydrogen) atoms. The number of nitrogens with zero attached hydrogens (tertiary/aromatic N) is 4. The van der Waals surface area contributed by atoms with Gasteiger partial charge in [-0.1, -0.05) is 0 Å². The fourth-order valence-corrected chi connectivity index (χ4v) is 2.95. The lowest BCUT2D eigenvalue weighted by Crippen LogP contribution is -2.46. The first-order chi connectivity index (χ1) is 13.5. The van der Waals surface area contributed by atoms with Crippen molar-refractivity contribution in [2.75, 3.05) is 45.8 Å². The predicted molar refractivity (Wildman–Crippen MR) is 105 cm³/mol. The normalized spacial score (nSPS) is 16.4. The van der Waals surface area contributed by atoms with E-state index >= 15 is 0 Å². The van der Waals surface area contributed by atoms with Crippen LogP contribution in [0.1, 0.15) is 12.8 Å². The summed E-state index contributed by atoms with van der Waals surface area (Å²) >= 11 is 0. The van der Waals surface area contributed by atoms with E-state index in [4.69, 9.17) is 14.2 Å². The summed E-state index contributed by atoms with van der Waals surface area (Å²) in [5, 5.41) is 8.22. The molecule has 1 aromatic carbocycles. The summed E-state index contributed by atoms with van der Waals surface area (Å²) in [5.41, 5.74) is 0. The van der Waals surface area contributed by atoms with Crippen LogP contribution >= 0.6 is 0 Å². The lowest BCUT2D eigenvalue weighted by atomic mass is 10.1. The SMILES string of the molecule is COc1ccc(OCC(=O)N2CCCC(Oc3ccc(N(C)C)nn3)C2)cc1. The van der Waals surface area contributed by atoms with Gasteiger partial charge < -0.3 is 24.0 Å². The van der Waals surface area contributed by atoms with Crippen molar-refractivity contribution in [3.63, 3.8) is 0 Å². The van der Waals surface area contributed by atoms with E-state index in [1.165, 1.54) is 0 Å². The third-order valence-electron chi connectivity index (χ3n) is 4.52. The van der Waals surface area contributed by atoms with Gasteiger partial charge in [0.05, 0.1) is 13.7 Å². The molecule has 0 saturated carbocycles. The van der Waals surface area contributed by atoms with E-state index in [-0.39, 0.29) is 18.6 Å². The average Bonchev–Trinajstić information content (AvgIpc) is 2.73. The summed E-state index contributed by atoms with van der Waals surface area (Å²) in [4.78, 5) is 16.2. The first kappa shape index (κ1) is 19.7. The van der Waals surface area contributed by atoms with Gasteiger partial charge in [0.1, 0.15) is 17.6 Å². The molecular weight excluding hydrogens is 360 g/mol. The van der Waals surface area contributed by atoms with Gasteiger partial charge in [-0.3, -0.25) is 4.79 Å². The fraction of sp³-hybridized carbons (Fsp3) is 0.450. The lowest BCUT2D eigenvalue weighted by Gasteiger charge is -2.32. The summed E-state index contributed by atoms with van der Waals surface area (Å²) in [7, 11) is 5.42. The monoisotopic (exact) mass is 386 g/mol. The minimum absolute atomic E-state index is 0.00359. The van der Waals surface area contributed by atoms with Crippen LogP contribution in [0.2, 0.25) is 0 Å². The molecule has 1 amide bonds. The van der Waals surface area contributed by atoms with Crippen LogP contribution in [0.5, 0.6) is 17.4 Å². The Bertz CT molecular complexity index is 765. The molecule has 1 fully saturated rings. The topological polar surface area (TPSA) is 77.0 Å². The Labute approximate surface area is 165 Å². The molecule has 0 N–H and O–H groups in total. The van der Waals surface area contributed by atoms with Crippen molar-refractivity contribution >= 4 is 11.7 Å². The molecule has 8 heteroatoms. The number of hydrogen-bond donors (Lipinski definition) is 0. The second-order valence-corrected chi connectivity index (χ2v) is 6.81. The van der Waals surface area contributed by atoms with Crippen LogP contribution < -0.4 is 19.1 Å². The van der Waals surface area contributed by atoms with Gasteiger partial charge in [-0.2, -0.15) is 0 Å². The molecule has 1 atom stereocenters. The molecule has 2 heterocycles. The summed E-state index contributed by atoms with van der Waals surface area (Å²) in [6.07, 6.45) is 1.65. The number of hydrogen-bond acceptors (Lipinski definition) is 7. The van der Waals surface area contributed by atoms with Crippen molar-refractivity contribution in [2.45, 2.75) is 18.9 Å². The van der Waals surface area contributed by atoms with Crippen LogP contribution in [0, 0.1) is 0 Å². The molecule has 0 radical (unpaired) electrons. The third-order valence-corrected chi connectivity index (χ3v) is 4.52. The number of benzene rings is 1. The highest BCUT2D eigenvalue weighted by Crippen LogP contribution is 2.19. The van der Waals surface area contributed by atoms with Crippen LogP contribution in [-0.2, 0) is 4.79 Å². The number of ether oxygens (including phenoxy) is 3. The van der Waals surface area contributed by atoms with Gasteiger partial charge in [-0.25, -0.2) is 0 Å². The summed E-state index contributed by atoms with van der Waals surface area (Å²) in [5.74, 6) is 2.56. The Morgan fingerprint density at radius 3 is 2.54 bits per heavy atom. The lowest BCUT2D eigenvalue weighted by molar-refractivity contribution is -0.136. The van der Waals surface area contributed by atoms with Crippen LogP contribution in [0.15, 0.2) is 36.4 Å². The van der Waals surface area contributed by atoms with Crippen molar-refractivity contribution in [3.8, 4) is 17.4 Å². The van der Waals surface area contributed by atoms with Crippen LogP contribution in [0.4, 0.5) is 5.82 Å². The number of aromatic nitrogens is 2. The number of amides is 1. The van der Waals surface area contributed by atoms with Crippen molar-refractivity contribution in [2.24, 2.45) is 0 Å². The van der Waals surface area contributed by atoms with Crippen molar-refractivity contribution in [1.82, 2.24) is 15.1 Å². The molecular formula is C20H26N4O4. The first-order valence-corrected chi connectivity index (χ1v) is 9.27.